The molecular formula is C13H8BrClN2O4. The van der Waals surface area contributed by atoms with Gasteiger partial charge < -0.3 is 10.4 Å². The largest absolute Gasteiger partial charge is 0.508 e. The second kappa shape index (κ2) is 6.11. The molecule has 6 nitrogen and oxygen atoms in total. The monoisotopic (exact) mass is 370 g/mol. The van der Waals surface area contributed by atoms with Crippen molar-refractivity contribution < 1.29 is 14.8 Å². The number of nitro groups is 1. The Kier molecular flexibility index (Phi) is 4.44. The number of amides is 1. The second-order valence-electron chi connectivity index (χ2n) is 4.04. The lowest BCUT2D eigenvalue weighted by Gasteiger charge is -2.08. The lowest BCUT2D eigenvalue weighted by Crippen LogP contribution is -2.12. The lowest BCUT2D eigenvalue weighted by molar-refractivity contribution is -0.384. The minimum atomic E-state index is -0.539. The molecule has 0 aliphatic rings. The van der Waals surface area contributed by atoms with Crippen LogP contribution in [0.3, 0.4) is 0 Å². The molecule has 0 bridgehead atoms. The van der Waals surface area contributed by atoms with E-state index in [1.807, 2.05) is 0 Å². The molecule has 8 heteroatoms. The molecule has 0 aliphatic carbocycles. The first-order valence-corrected chi connectivity index (χ1v) is 6.79. The van der Waals surface area contributed by atoms with Crippen molar-refractivity contribution >= 4 is 44.8 Å². The predicted molar refractivity (Wildman–Crippen MR) is 81.9 cm³/mol. The summed E-state index contributed by atoms with van der Waals surface area (Å²) in [5, 5.41) is 22.8. The van der Waals surface area contributed by atoms with Crippen molar-refractivity contribution in [1.82, 2.24) is 0 Å². The van der Waals surface area contributed by atoms with Crippen molar-refractivity contribution in [3.8, 4) is 5.75 Å². The zero-order chi connectivity index (χ0) is 15.6. The van der Waals surface area contributed by atoms with Crippen LogP contribution in [0.4, 0.5) is 11.4 Å². The van der Waals surface area contributed by atoms with Crippen molar-refractivity contribution in [3.05, 3.63) is 61.6 Å². The summed E-state index contributed by atoms with van der Waals surface area (Å²) in [6, 6.07) is 7.94. The number of aromatic hydroxyl groups is 1. The molecule has 0 unspecified atom stereocenters. The molecule has 21 heavy (non-hydrogen) atoms. The molecule has 2 aromatic rings. The number of hydrogen-bond acceptors (Lipinski definition) is 4. The first-order valence-electron chi connectivity index (χ1n) is 5.62. The number of carbonyl (C=O) groups is 1. The van der Waals surface area contributed by atoms with Gasteiger partial charge in [-0.1, -0.05) is 11.6 Å². The summed E-state index contributed by atoms with van der Waals surface area (Å²) in [7, 11) is 0. The van der Waals surface area contributed by atoms with Gasteiger partial charge >= 0.3 is 0 Å². The van der Waals surface area contributed by atoms with E-state index in [1.165, 1.54) is 36.4 Å². The Morgan fingerprint density at radius 3 is 2.62 bits per heavy atom. The molecule has 0 saturated heterocycles. The number of phenols is 1. The average Bonchev–Trinajstić information content (AvgIpc) is 2.43. The molecule has 0 aromatic heterocycles. The third-order valence-electron chi connectivity index (χ3n) is 2.61. The Labute approximate surface area is 132 Å². The molecule has 0 atom stereocenters. The SMILES string of the molecule is O=C(Nc1ccc([N+](=O)[O-])cc1Br)c1cc(O)ccc1Cl. The topological polar surface area (TPSA) is 92.5 Å². The van der Waals surface area contributed by atoms with Crippen molar-refractivity contribution in [2.24, 2.45) is 0 Å². The van der Waals surface area contributed by atoms with Crippen molar-refractivity contribution in [2.75, 3.05) is 5.32 Å². The van der Waals surface area contributed by atoms with Gasteiger partial charge in [0.2, 0.25) is 0 Å². The third kappa shape index (κ3) is 3.50. The number of hydrogen-bond donors (Lipinski definition) is 2. The number of nitrogens with one attached hydrogen (secondary N) is 1. The summed E-state index contributed by atoms with van der Waals surface area (Å²) >= 11 is 9.04. The normalized spacial score (nSPS) is 10.2. The second-order valence-corrected chi connectivity index (χ2v) is 5.30. The van der Waals surface area contributed by atoms with Crippen LogP contribution in [0, 0.1) is 10.1 Å². The number of nitro benzene ring substituents is 1. The highest BCUT2D eigenvalue weighted by Crippen LogP contribution is 2.28. The number of non-ortho nitro benzene ring substituents is 1. The summed E-state index contributed by atoms with van der Waals surface area (Å²) in [4.78, 5) is 22.2. The molecule has 0 radical (unpaired) electrons. The Bertz CT molecular complexity index is 736. The van der Waals surface area contributed by atoms with E-state index in [9.17, 15) is 20.0 Å². The molecule has 2 rings (SSSR count). The maximum atomic E-state index is 12.1. The van der Waals surface area contributed by atoms with Gasteiger partial charge in [0.1, 0.15) is 5.75 Å². The van der Waals surface area contributed by atoms with Crippen LogP contribution in [0.25, 0.3) is 0 Å². The summed E-state index contributed by atoms with van der Waals surface area (Å²) in [6.07, 6.45) is 0. The van der Waals surface area contributed by atoms with Gasteiger partial charge in [0.25, 0.3) is 11.6 Å². The third-order valence-corrected chi connectivity index (χ3v) is 3.59. The summed E-state index contributed by atoms with van der Waals surface area (Å²) in [6.45, 7) is 0. The van der Waals surface area contributed by atoms with Crippen LogP contribution in [0.2, 0.25) is 5.02 Å². The Hall–Kier alpha value is -2.12. The van der Waals surface area contributed by atoms with Crippen LogP contribution >= 0.6 is 27.5 Å². The predicted octanol–water partition coefficient (Wildman–Crippen LogP) is 3.97. The highest BCUT2D eigenvalue weighted by atomic mass is 79.9. The molecule has 108 valence electrons. The fourth-order valence-electron chi connectivity index (χ4n) is 1.60. The summed E-state index contributed by atoms with van der Waals surface area (Å²) < 4.78 is 0.362. The highest BCUT2D eigenvalue weighted by Gasteiger charge is 2.15. The molecule has 0 spiro atoms. The van der Waals surface area contributed by atoms with Gasteiger partial charge in [-0.05, 0) is 40.2 Å². The standard InChI is InChI=1S/C13H8BrClN2O4/c14-10-5-7(17(20)21)1-4-12(10)16-13(19)9-6-8(18)2-3-11(9)15/h1-6,18H,(H,16,19). The average molecular weight is 372 g/mol. The van der Waals surface area contributed by atoms with Gasteiger partial charge in [0.05, 0.1) is 21.2 Å². The number of carbonyl (C=O) groups excluding carboxylic acids is 1. The van der Waals surface area contributed by atoms with Gasteiger partial charge in [-0.15, -0.1) is 0 Å². The molecule has 0 saturated carbocycles. The minimum absolute atomic E-state index is 0.0904. The van der Waals surface area contributed by atoms with Crippen LogP contribution in [-0.4, -0.2) is 15.9 Å². The molecular weight excluding hydrogens is 364 g/mol. The number of nitrogens with zero attached hydrogens (tertiary/aromatic N) is 1. The smallest absolute Gasteiger partial charge is 0.270 e. The van der Waals surface area contributed by atoms with E-state index in [-0.39, 0.29) is 22.0 Å². The molecule has 0 aliphatic heterocycles. The number of anilines is 1. The van der Waals surface area contributed by atoms with Crippen LogP contribution < -0.4 is 5.32 Å². The number of benzene rings is 2. The Balaban J connectivity index is 2.27. The van der Waals surface area contributed by atoms with Crippen molar-refractivity contribution in [1.29, 1.82) is 0 Å². The quantitative estimate of drug-likeness (QED) is 0.631. The van der Waals surface area contributed by atoms with Crippen molar-refractivity contribution in [3.63, 3.8) is 0 Å². The first-order chi connectivity index (χ1) is 9.88. The van der Waals surface area contributed by atoms with E-state index < -0.39 is 10.8 Å². The van der Waals surface area contributed by atoms with E-state index in [2.05, 4.69) is 21.2 Å². The Morgan fingerprint density at radius 1 is 1.29 bits per heavy atom. The maximum absolute atomic E-state index is 12.1. The van der Waals surface area contributed by atoms with E-state index in [1.54, 1.807) is 0 Å². The number of phenolic OH excluding ortho intramolecular Hbond substituents is 1. The van der Waals surface area contributed by atoms with Crippen LogP contribution in [0.1, 0.15) is 10.4 Å². The van der Waals surface area contributed by atoms with Crippen molar-refractivity contribution in [2.45, 2.75) is 0 Å². The minimum Gasteiger partial charge on any atom is -0.508 e. The highest BCUT2D eigenvalue weighted by molar-refractivity contribution is 9.10. The molecule has 0 heterocycles. The van der Waals surface area contributed by atoms with E-state index >= 15 is 0 Å². The zero-order valence-electron chi connectivity index (χ0n) is 10.3. The van der Waals surface area contributed by atoms with E-state index in [0.29, 0.717) is 10.2 Å². The van der Waals surface area contributed by atoms with Gasteiger partial charge in [-0.25, -0.2) is 0 Å². The van der Waals surface area contributed by atoms with Crippen LogP contribution in [0.5, 0.6) is 5.75 Å². The Morgan fingerprint density at radius 2 is 2.00 bits per heavy atom. The fourth-order valence-corrected chi connectivity index (χ4v) is 2.27. The zero-order valence-corrected chi connectivity index (χ0v) is 12.7. The number of halogens is 2. The molecule has 2 N–H and O–H groups in total. The lowest BCUT2D eigenvalue weighted by atomic mass is 10.2. The molecule has 2 aromatic carbocycles. The first kappa shape index (κ1) is 15.3. The summed E-state index contributed by atoms with van der Waals surface area (Å²) in [5.41, 5.74) is 0.349. The van der Waals surface area contributed by atoms with Gasteiger partial charge in [-0.2, -0.15) is 0 Å². The van der Waals surface area contributed by atoms with E-state index in [4.69, 9.17) is 11.6 Å². The van der Waals surface area contributed by atoms with Gasteiger partial charge in [0, 0.05) is 16.6 Å². The fraction of sp³-hybridized carbons (Fsp3) is 0. The maximum Gasteiger partial charge on any atom is 0.270 e. The summed E-state index contributed by atoms with van der Waals surface area (Å²) in [5.74, 6) is -0.627. The molecule has 1 amide bonds. The van der Waals surface area contributed by atoms with Crippen LogP contribution in [0.15, 0.2) is 40.9 Å². The van der Waals surface area contributed by atoms with Gasteiger partial charge in [0.15, 0.2) is 0 Å². The van der Waals surface area contributed by atoms with E-state index in [0.717, 1.165) is 0 Å². The van der Waals surface area contributed by atoms with Gasteiger partial charge in [-0.3, -0.25) is 14.9 Å². The molecule has 0 fully saturated rings. The van der Waals surface area contributed by atoms with Crippen LogP contribution in [-0.2, 0) is 0 Å². The number of rotatable bonds is 3.